The molecule has 1 heterocycles. The van der Waals surface area contributed by atoms with Crippen molar-refractivity contribution >= 4 is 17.7 Å². The monoisotopic (exact) mass is 260 g/mol. The third kappa shape index (κ3) is 3.36. The predicted octanol–water partition coefficient (Wildman–Crippen LogP) is 2.13. The maximum atomic E-state index is 10.7. The van der Waals surface area contributed by atoms with Crippen molar-refractivity contribution in [1.82, 2.24) is 0 Å². The molecule has 0 aromatic heterocycles. The zero-order chi connectivity index (χ0) is 12.3. The van der Waals surface area contributed by atoms with Gasteiger partial charge in [0.05, 0.1) is 18.6 Å². The first-order valence-electron chi connectivity index (χ1n) is 6.24. The Morgan fingerprint density at radius 2 is 2.24 bits per heavy atom. The van der Waals surface area contributed by atoms with E-state index in [4.69, 9.17) is 14.6 Å². The van der Waals surface area contributed by atoms with Crippen molar-refractivity contribution < 1.29 is 19.4 Å². The van der Waals surface area contributed by atoms with Crippen LogP contribution in [0.3, 0.4) is 0 Å². The summed E-state index contributed by atoms with van der Waals surface area (Å²) in [5.74, 6) is 0.168. The summed E-state index contributed by atoms with van der Waals surface area (Å²) in [6.07, 6.45) is 4.55. The summed E-state index contributed by atoms with van der Waals surface area (Å²) in [6.45, 7) is 2.40. The van der Waals surface area contributed by atoms with Crippen molar-refractivity contribution in [3.8, 4) is 0 Å². The van der Waals surface area contributed by atoms with Crippen molar-refractivity contribution in [3.63, 3.8) is 0 Å². The van der Waals surface area contributed by atoms with Gasteiger partial charge in [-0.3, -0.25) is 4.79 Å². The highest BCUT2D eigenvalue weighted by Gasteiger charge is 2.43. The van der Waals surface area contributed by atoms with Crippen LogP contribution < -0.4 is 0 Å². The molecule has 1 saturated carbocycles. The van der Waals surface area contributed by atoms with E-state index in [1.807, 2.05) is 0 Å². The minimum Gasteiger partial charge on any atom is -0.481 e. The van der Waals surface area contributed by atoms with Gasteiger partial charge in [-0.25, -0.2) is 0 Å². The number of hydrogen-bond acceptors (Lipinski definition) is 4. The number of rotatable bonds is 5. The number of aliphatic carboxylic acids is 1. The molecule has 2 unspecified atom stereocenters. The molecule has 2 rings (SSSR count). The number of ether oxygens (including phenoxy) is 2. The van der Waals surface area contributed by atoms with Crippen LogP contribution in [-0.2, 0) is 14.3 Å². The second-order valence-electron chi connectivity index (χ2n) is 4.95. The Labute approximate surface area is 106 Å². The van der Waals surface area contributed by atoms with E-state index in [2.05, 4.69) is 0 Å². The van der Waals surface area contributed by atoms with Crippen LogP contribution in [0.4, 0.5) is 0 Å². The van der Waals surface area contributed by atoms with Crippen molar-refractivity contribution in [2.75, 3.05) is 18.1 Å². The van der Waals surface area contributed by atoms with Crippen LogP contribution in [0.2, 0.25) is 0 Å². The molecule has 2 fully saturated rings. The second kappa shape index (κ2) is 5.59. The van der Waals surface area contributed by atoms with Crippen LogP contribution in [0, 0.1) is 5.92 Å². The van der Waals surface area contributed by atoms with Gasteiger partial charge in [0.15, 0.2) is 5.79 Å². The Bertz CT molecular complexity index is 276. The predicted molar refractivity (Wildman–Crippen MR) is 66.1 cm³/mol. The molecule has 0 aromatic rings. The molecule has 1 spiro atoms. The highest BCUT2D eigenvalue weighted by Crippen LogP contribution is 2.39. The van der Waals surface area contributed by atoms with E-state index in [1.165, 1.54) is 12.8 Å². The Balaban J connectivity index is 1.66. The molecular weight excluding hydrogens is 240 g/mol. The molecule has 0 amide bonds. The van der Waals surface area contributed by atoms with Crippen LogP contribution in [0.1, 0.15) is 32.6 Å². The van der Waals surface area contributed by atoms with Gasteiger partial charge in [0, 0.05) is 24.3 Å². The van der Waals surface area contributed by atoms with Gasteiger partial charge in [-0.1, -0.05) is 6.92 Å². The van der Waals surface area contributed by atoms with Gasteiger partial charge in [0.25, 0.3) is 0 Å². The van der Waals surface area contributed by atoms with Crippen LogP contribution in [-0.4, -0.2) is 41.1 Å². The van der Waals surface area contributed by atoms with Crippen LogP contribution in [0.5, 0.6) is 0 Å². The Morgan fingerprint density at radius 3 is 2.88 bits per heavy atom. The van der Waals surface area contributed by atoms with E-state index in [9.17, 15) is 4.79 Å². The highest BCUT2D eigenvalue weighted by molar-refractivity contribution is 7.99. The topological polar surface area (TPSA) is 55.8 Å². The molecule has 0 bridgehead atoms. The lowest BCUT2D eigenvalue weighted by Gasteiger charge is -2.21. The largest absolute Gasteiger partial charge is 0.481 e. The molecule has 2 atom stereocenters. The smallest absolute Gasteiger partial charge is 0.307 e. The van der Waals surface area contributed by atoms with Gasteiger partial charge >= 0.3 is 5.97 Å². The lowest BCUT2D eigenvalue weighted by molar-refractivity contribution is -0.159. The quantitative estimate of drug-likeness (QED) is 0.820. The summed E-state index contributed by atoms with van der Waals surface area (Å²) in [7, 11) is 0. The van der Waals surface area contributed by atoms with E-state index < -0.39 is 5.97 Å². The van der Waals surface area contributed by atoms with E-state index in [0.717, 1.165) is 18.6 Å². The zero-order valence-corrected chi connectivity index (χ0v) is 11.0. The molecular formula is C12H20O4S. The summed E-state index contributed by atoms with van der Waals surface area (Å²) < 4.78 is 11.7. The molecule has 2 aliphatic rings. The summed E-state index contributed by atoms with van der Waals surface area (Å²) in [4.78, 5) is 10.7. The van der Waals surface area contributed by atoms with Gasteiger partial charge in [0.2, 0.25) is 0 Å². The highest BCUT2D eigenvalue weighted by atomic mass is 32.2. The molecule has 4 nitrogen and oxygen atoms in total. The summed E-state index contributed by atoms with van der Waals surface area (Å²) in [6, 6.07) is 0. The van der Waals surface area contributed by atoms with Crippen molar-refractivity contribution in [3.05, 3.63) is 0 Å². The molecule has 0 radical (unpaired) electrons. The SMILES string of the molecule is CC(CSCC1COC2(CCCC2)O1)C(=O)O. The van der Waals surface area contributed by atoms with Crippen LogP contribution >= 0.6 is 11.8 Å². The fraction of sp³-hybridized carbons (Fsp3) is 0.917. The molecule has 17 heavy (non-hydrogen) atoms. The minimum absolute atomic E-state index is 0.138. The number of thioether (sulfide) groups is 1. The van der Waals surface area contributed by atoms with Crippen LogP contribution in [0.25, 0.3) is 0 Å². The normalized spacial score (nSPS) is 28.6. The molecule has 1 aliphatic heterocycles. The first-order valence-corrected chi connectivity index (χ1v) is 7.39. The van der Waals surface area contributed by atoms with E-state index in [-0.39, 0.29) is 17.8 Å². The van der Waals surface area contributed by atoms with Gasteiger partial charge < -0.3 is 14.6 Å². The lowest BCUT2D eigenvalue weighted by Crippen LogP contribution is -2.27. The first-order chi connectivity index (χ1) is 8.11. The summed E-state index contributed by atoms with van der Waals surface area (Å²) in [5.41, 5.74) is 0. The van der Waals surface area contributed by atoms with E-state index in [1.54, 1.807) is 18.7 Å². The third-order valence-corrected chi connectivity index (χ3v) is 4.72. The fourth-order valence-corrected chi connectivity index (χ4v) is 3.38. The zero-order valence-electron chi connectivity index (χ0n) is 10.2. The maximum absolute atomic E-state index is 10.7. The first kappa shape index (κ1) is 13.2. The van der Waals surface area contributed by atoms with Gasteiger partial charge in [-0.05, 0) is 12.8 Å². The molecule has 98 valence electrons. The van der Waals surface area contributed by atoms with E-state index >= 15 is 0 Å². The van der Waals surface area contributed by atoms with Crippen molar-refractivity contribution in [2.24, 2.45) is 5.92 Å². The fourth-order valence-electron chi connectivity index (χ4n) is 2.32. The van der Waals surface area contributed by atoms with Gasteiger partial charge in [-0.15, -0.1) is 0 Å². The standard InChI is InChI=1S/C12H20O4S/c1-9(11(13)14)7-17-8-10-6-15-12(16-10)4-2-3-5-12/h9-10H,2-8H2,1H3,(H,13,14). The Morgan fingerprint density at radius 1 is 1.53 bits per heavy atom. The average Bonchev–Trinajstić information content (AvgIpc) is 2.90. The summed E-state index contributed by atoms with van der Waals surface area (Å²) >= 11 is 1.64. The van der Waals surface area contributed by atoms with Crippen molar-refractivity contribution in [2.45, 2.75) is 44.5 Å². The van der Waals surface area contributed by atoms with Crippen LogP contribution in [0.15, 0.2) is 0 Å². The maximum Gasteiger partial charge on any atom is 0.307 e. The molecule has 5 heteroatoms. The lowest BCUT2D eigenvalue weighted by atomic mass is 10.2. The molecule has 1 N–H and O–H groups in total. The molecule has 0 aromatic carbocycles. The number of carboxylic acid groups (broad SMARTS) is 1. The van der Waals surface area contributed by atoms with Gasteiger partial charge in [-0.2, -0.15) is 11.8 Å². The number of hydrogen-bond donors (Lipinski definition) is 1. The Kier molecular flexibility index (Phi) is 4.33. The van der Waals surface area contributed by atoms with Gasteiger partial charge in [0.1, 0.15) is 0 Å². The second-order valence-corrected chi connectivity index (χ2v) is 6.02. The van der Waals surface area contributed by atoms with Crippen molar-refractivity contribution in [1.29, 1.82) is 0 Å². The molecule has 1 saturated heterocycles. The van der Waals surface area contributed by atoms with E-state index in [0.29, 0.717) is 12.4 Å². The summed E-state index contributed by atoms with van der Waals surface area (Å²) in [5, 5.41) is 8.77. The molecule has 1 aliphatic carbocycles. The number of carbonyl (C=O) groups is 1. The third-order valence-electron chi connectivity index (χ3n) is 3.37. The Hall–Kier alpha value is -0.260. The average molecular weight is 260 g/mol. The number of carboxylic acids is 1. The minimum atomic E-state index is -0.728.